The highest BCUT2D eigenvalue weighted by Crippen LogP contribution is 2.17. The van der Waals surface area contributed by atoms with Gasteiger partial charge in [-0.3, -0.25) is 0 Å². The molecular weight excluding hydrogens is 206 g/mol. The van der Waals surface area contributed by atoms with Gasteiger partial charge in [0.05, 0.1) is 0 Å². The van der Waals surface area contributed by atoms with Gasteiger partial charge in [-0.1, -0.05) is 43.3 Å². The van der Waals surface area contributed by atoms with E-state index in [1.165, 1.54) is 30.4 Å². The van der Waals surface area contributed by atoms with Crippen molar-refractivity contribution in [3.8, 4) is 0 Å². The maximum atomic E-state index is 3.57. The van der Waals surface area contributed by atoms with E-state index in [4.69, 9.17) is 0 Å². The van der Waals surface area contributed by atoms with Crippen molar-refractivity contribution in [1.29, 1.82) is 0 Å². The molecule has 1 aromatic rings. The van der Waals surface area contributed by atoms with E-state index in [-0.39, 0.29) is 0 Å². The van der Waals surface area contributed by atoms with E-state index in [1.54, 1.807) is 0 Å². The average Bonchev–Trinajstić information content (AvgIpc) is 2.41. The Hall–Kier alpha value is -1.08. The summed E-state index contributed by atoms with van der Waals surface area (Å²) in [5, 5.41) is 3.57. The van der Waals surface area contributed by atoms with Crippen LogP contribution in [0.4, 0.5) is 0 Å². The van der Waals surface area contributed by atoms with Crippen LogP contribution < -0.4 is 5.32 Å². The lowest BCUT2D eigenvalue weighted by atomic mass is 9.94. The fourth-order valence-electron chi connectivity index (χ4n) is 2.36. The lowest BCUT2D eigenvalue weighted by Crippen LogP contribution is -2.23. The predicted molar refractivity (Wildman–Crippen MR) is 74.0 cm³/mol. The highest BCUT2D eigenvalue weighted by molar-refractivity contribution is 5.22. The third-order valence-corrected chi connectivity index (χ3v) is 3.57. The van der Waals surface area contributed by atoms with Gasteiger partial charge < -0.3 is 5.32 Å². The summed E-state index contributed by atoms with van der Waals surface area (Å²) in [5.41, 5.74) is 2.82. The van der Waals surface area contributed by atoms with Crippen molar-refractivity contribution in [3.05, 3.63) is 47.5 Å². The van der Waals surface area contributed by atoms with Crippen LogP contribution in [0.15, 0.2) is 36.4 Å². The quantitative estimate of drug-likeness (QED) is 0.759. The molecule has 0 amide bonds. The molecule has 0 spiro atoms. The third kappa shape index (κ3) is 4.01. The Morgan fingerprint density at radius 2 is 1.88 bits per heavy atom. The Labute approximate surface area is 105 Å². The SMILES string of the molecule is CCc1ccc(CNCC2CC=CCC2)cc1. The molecule has 0 aliphatic heterocycles. The molecule has 92 valence electrons. The van der Waals surface area contributed by atoms with Crippen LogP contribution in [0.5, 0.6) is 0 Å². The van der Waals surface area contributed by atoms with E-state index in [1.807, 2.05) is 0 Å². The number of hydrogen-bond donors (Lipinski definition) is 1. The number of allylic oxidation sites excluding steroid dienone is 2. The molecule has 17 heavy (non-hydrogen) atoms. The van der Waals surface area contributed by atoms with Gasteiger partial charge in [0.1, 0.15) is 0 Å². The summed E-state index contributed by atoms with van der Waals surface area (Å²) in [5.74, 6) is 0.843. The van der Waals surface area contributed by atoms with E-state index in [2.05, 4.69) is 48.7 Å². The molecule has 0 saturated heterocycles. The summed E-state index contributed by atoms with van der Waals surface area (Å²) >= 11 is 0. The van der Waals surface area contributed by atoms with Crippen LogP contribution in [0.25, 0.3) is 0 Å². The van der Waals surface area contributed by atoms with E-state index in [9.17, 15) is 0 Å². The first-order chi connectivity index (χ1) is 8.38. The van der Waals surface area contributed by atoms with E-state index in [0.717, 1.165) is 25.4 Å². The largest absolute Gasteiger partial charge is 0.312 e. The fourth-order valence-corrected chi connectivity index (χ4v) is 2.36. The molecule has 1 heteroatoms. The van der Waals surface area contributed by atoms with E-state index in [0.29, 0.717) is 0 Å². The smallest absolute Gasteiger partial charge is 0.0205 e. The standard InChI is InChI=1S/C16H23N/c1-2-14-8-10-16(11-9-14)13-17-12-15-6-4-3-5-7-15/h3-4,8-11,15,17H,2,5-7,12-13H2,1H3. The maximum Gasteiger partial charge on any atom is 0.0205 e. The normalized spacial score (nSPS) is 19.5. The Balaban J connectivity index is 1.72. The zero-order valence-electron chi connectivity index (χ0n) is 10.8. The first-order valence-electron chi connectivity index (χ1n) is 6.82. The van der Waals surface area contributed by atoms with Crippen molar-refractivity contribution in [2.24, 2.45) is 5.92 Å². The van der Waals surface area contributed by atoms with Gasteiger partial charge in [0.25, 0.3) is 0 Å². The van der Waals surface area contributed by atoms with Gasteiger partial charge in [0.15, 0.2) is 0 Å². The molecule has 0 aromatic heterocycles. The third-order valence-electron chi connectivity index (χ3n) is 3.57. The van der Waals surface area contributed by atoms with Crippen molar-refractivity contribution in [1.82, 2.24) is 5.32 Å². The first-order valence-corrected chi connectivity index (χ1v) is 6.82. The zero-order valence-corrected chi connectivity index (χ0v) is 10.8. The molecule has 0 bridgehead atoms. The molecule has 2 rings (SSSR count). The zero-order chi connectivity index (χ0) is 11.9. The molecular formula is C16H23N. The van der Waals surface area contributed by atoms with Crippen molar-refractivity contribution in [2.45, 2.75) is 39.2 Å². The fraction of sp³-hybridized carbons (Fsp3) is 0.500. The van der Waals surface area contributed by atoms with Gasteiger partial charge >= 0.3 is 0 Å². The Morgan fingerprint density at radius 3 is 2.53 bits per heavy atom. The molecule has 1 atom stereocenters. The lowest BCUT2D eigenvalue weighted by molar-refractivity contribution is 0.440. The summed E-state index contributed by atoms with van der Waals surface area (Å²) < 4.78 is 0. The molecule has 0 heterocycles. The van der Waals surface area contributed by atoms with Gasteiger partial charge in [-0.2, -0.15) is 0 Å². The molecule has 1 nitrogen and oxygen atoms in total. The van der Waals surface area contributed by atoms with Crippen LogP contribution in [0, 0.1) is 5.92 Å². The summed E-state index contributed by atoms with van der Waals surface area (Å²) in [6, 6.07) is 8.96. The van der Waals surface area contributed by atoms with Crippen LogP contribution in [-0.4, -0.2) is 6.54 Å². The van der Waals surface area contributed by atoms with Gasteiger partial charge in [-0.25, -0.2) is 0 Å². The summed E-state index contributed by atoms with van der Waals surface area (Å²) in [4.78, 5) is 0. The predicted octanol–water partition coefficient (Wildman–Crippen LogP) is 3.69. The molecule has 0 saturated carbocycles. The number of rotatable bonds is 5. The number of nitrogens with one attached hydrogen (secondary N) is 1. The minimum absolute atomic E-state index is 0.843. The number of aryl methyl sites for hydroxylation is 1. The number of benzene rings is 1. The van der Waals surface area contributed by atoms with Crippen LogP contribution in [0.2, 0.25) is 0 Å². The van der Waals surface area contributed by atoms with E-state index < -0.39 is 0 Å². The minimum Gasteiger partial charge on any atom is -0.312 e. The molecule has 1 N–H and O–H groups in total. The van der Waals surface area contributed by atoms with Crippen LogP contribution in [0.3, 0.4) is 0 Å². The monoisotopic (exact) mass is 229 g/mol. The molecule has 1 aliphatic carbocycles. The van der Waals surface area contributed by atoms with Gasteiger partial charge in [-0.05, 0) is 49.3 Å². The maximum absolute atomic E-state index is 3.57. The van der Waals surface area contributed by atoms with Gasteiger partial charge in [-0.15, -0.1) is 0 Å². The molecule has 1 unspecified atom stereocenters. The molecule has 0 radical (unpaired) electrons. The summed E-state index contributed by atoms with van der Waals surface area (Å²) in [6.45, 7) is 4.36. The summed E-state index contributed by atoms with van der Waals surface area (Å²) in [6.07, 6.45) is 9.62. The second-order valence-corrected chi connectivity index (χ2v) is 4.95. The Kier molecular flexibility index (Phi) is 4.81. The highest BCUT2D eigenvalue weighted by atomic mass is 14.9. The molecule has 0 fully saturated rings. The van der Waals surface area contributed by atoms with Crippen molar-refractivity contribution < 1.29 is 0 Å². The molecule has 1 aromatic carbocycles. The second kappa shape index (κ2) is 6.61. The molecule has 1 aliphatic rings. The van der Waals surface area contributed by atoms with Crippen molar-refractivity contribution in [3.63, 3.8) is 0 Å². The number of hydrogen-bond acceptors (Lipinski definition) is 1. The average molecular weight is 229 g/mol. The lowest BCUT2D eigenvalue weighted by Gasteiger charge is -2.18. The first kappa shape index (κ1) is 12.4. The van der Waals surface area contributed by atoms with Crippen LogP contribution in [-0.2, 0) is 13.0 Å². The Bertz CT molecular complexity index is 350. The van der Waals surface area contributed by atoms with Gasteiger partial charge in [0, 0.05) is 6.54 Å². The Morgan fingerprint density at radius 1 is 1.12 bits per heavy atom. The minimum atomic E-state index is 0.843. The van der Waals surface area contributed by atoms with E-state index >= 15 is 0 Å². The summed E-state index contributed by atoms with van der Waals surface area (Å²) in [7, 11) is 0. The van der Waals surface area contributed by atoms with Crippen molar-refractivity contribution >= 4 is 0 Å². The topological polar surface area (TPSA) is 12.0 Å². The van der Waals surface area contributed by atoms with Crippen LogP contribution >= 0.6 is 0 Å². The second-order valence-electron chi connectivity index (χ2n) is 4.95. The van der Waals surface area contributed by atoms with Gasteiger partial charge in [0.2, 0.25) is 0 Å². The van der Waals surface area contributed by atoms with Crippen molar-refractivity contribution in [2.75, 3.05) is 6.54 Å². The highest BCUT2D eigenvalue weighted by Gasteiger charge is 2.08. The van der Waals surface area contributed by atoms with Crippen LogP contribution in [0.1, 0.15) is 37.3 Å².